The Bertz CT molecular complexity index is 1040. The molecular weight excluding hydrogens is 418 g/mol. The van der Waals surface area contributed by atoms with Crippen LogP contribution in [0.15, 0.2) is 33.9 Å². The van der Waals surface area contributed by atoms with Crippen LogP contribution >= 0.6 is 11.3 Å². The summed E-state index contributed by atoms with van der Waals surface area (Å²) >= 11 is 1.10. The second-order valence-electron chi connectivity index (χ2n) is 6.47. The number of fused-ring (bicyclic) bond motifs is 1. The maximum atomic E-state index is 12.6. The molecule has 1 aromatic heterocycles. The van der Waals surface area contributed by atoms with Gasteiger partial charge in [-0.05, 0) is 42.9 Å². The number of benzene rings is 1. The summed E-state index contributed by atoms with van der Waals surface area (Å²) in [4.78, 5) is 12.0. The molecule has 0 spiro atoms. The van der Waals surface area contributed by atoms with Crippen molar-refractivity contribution in [2.75, 3.05) is 18.6 Å². The molecule has 10 heteroatoms. The van der Waals surface area contributed by atoms with E-state index in [2.05, 4.69) is 4.72 Å². The summed E-state index contributed by atoms with van der Waals surface area (Å²) < 4.78 is 49.6. The molecule has 1 fully saturated rings. The fourth-order valence-corrected chi connectivity index (χ4v) is 4.98. The lowest BCUT2D eigenvalue weighted by Crippen LogP contribution is -2.23. The highest BCUT2D eigenvalue weighted by Gasteiger charge is 2.28. The van der Waals surface area contributed by atoms with Crippen molar-refractivity contribution in [2.24, 2.45) is 0 Å². The van der Waals surface area contributed by atoms with Crippen LogP contribution in [0.3, 0.4) is 0 Å². The Kier molecular flexibility index (Phi) is 5.37. The van der Waals surface area contributed by atoms with Crippen LogP contribution in [-0.4, -0.2) is 34.4 Å². The number of sulfonamides is 1. The largest absolute Gasteiger partial charge is 0.492 e. The Balaban J connectivity index is 1.66. The Morgan fingerprint density at radius 3 is 2.76 bits per heavy atom. The molecule has 2 aromatic rings. The van der Waals surface area contributed by atoms with Crippen LogP contribution < -0.4 is 18.9 Å². The molecule has 1 N–H and O–H groups in total. The van der Waals surface area contributed by atoms with Gasteiger partial charge in [-0.2, -0.15) is 0 Å². The highest BCUT2D eigenvalue weighted by atomic mass is 32.2. The van der Waals surface area contributed by atoms with E-state index in [1.807, 2.05) is 0 Å². The third-order valence-electron chi connectivity index (χ3n) is 4.57. The summed E-state index contributed by atoms with van der Waals surface area (Å²) in [5.74, 6) is 0.376. The summed E-state index contributed by atoms with van der Waals surface area (Å²) in [5.41, 5.74) is 0.643. The van der Waals surface area contributed by atoms with Gasteiger partial charge in [-0.3, -0.25) is 4.72 Å². The number of hydrogen-bond donors (Lipinski definition) is 1. The number of anilines is 1. The van der Waals surface area contributed by atoms with Crippen molar-refractivity contribution in [1.29, 1.82) is 0 Å². The van der Waals surface area contributed by atoms with Crippen LogP contribution in [0.2, 0.25) is 0 Å². The minimum absolute atomic E-state index is 0.0287. The number of ether oxygens (including phenoxy) is 4. The summed E-state index contributed by atoms with van der Waals surface area (Å²) in [6.45, 7) is -0.0731. The molecular formula is C19H19NO7S2. The molecule has 1 aliphatic carbocycles. The van der Waals surface area contributed by atoms with Gasteiger partial charge in [0, 0.05) is 11.6 Å². The maximum Gasteiger partial charge on any atom is 0.331 e. The number of esters is 1. The number of carbonyl (C=O) groups is 1. The van der Waals surface area contributed by atoms with Gasteiger partial charge in [0.2, 0.25) is 12.5 Å². The van der Waals surface area contributed by atoms with Crippen molar-refractivity contribution < 1.29 is 32.2 Å². The van der Waals surface area contributed by atoms with Crippen LogP contribution in [0.1, 0.15) is 24.8 Å². The van der Waals surface area contributed by atoms with Gasteiger partial charge in [-0.25, -0.2) is 13.2 Å². The lowest BCUT2D eigenvalue weighted by atomic mass is 9.96. The van der Waals surface area contributed by atoms with Crippen LogP contribution in [-0.2, 0) is 19.6 Å². The average Bonchev–Trinajstić information content (AvgIpc) is 3.34. The van der Waals surface area contributed by atoms with Crippen molar-refractivity contribution in [3.8, 4) is 17.2 Å². The van der Waals surface area contributed by atoms with Gasteiger partial charge in [0.1, 0.15) is 10.3 Å². The minimum atomic E-state index is -3.79. The van der Waals surface area contributed by atoms with Gasteiger partial charge in [-0.15, -0.1) is 11.3 Å². The minimum Gasteiger partial charge on any atom is -0.492 e. The number of carbonyl (C=O) groups excluding carboxylic acids is 1. The van der Waals surface area contributed by atoms with E-state index in [0.717, 1.165) is 30.6 Å². The van der Waals surface area contributed by atoms with Crippen molar-refractivity contribution in [3.05, 3.63) is 35.2 Å². The Morgan fingerprint density at radius 2 is 2.10 bits per heavy atom. The van der Waals surface area contributed by atoms with Crippen LogP contribution in [0, 0.1) is 0 Å². The summed E-state index contributed by atoms with van der Waals surface area (Å²) in [6, 6.07) is 4.69. The van der Waals surface area contributed by atoms with E-state index in [0.29, 0.717) is 11.3 Å². The zero-order valence-corrected chi connectivity index (χ0v) is 17.2. The molecule has 0 atom stereocenters. The van der Waals surface area contributed by atoms with Gasteiger partial charge in [0.25, 0.3) is 10.0 Å². The van der Waals surface area contributed by atoms with Crippen molar-refractivity contribution in [2.45, 2.75) is 29.6 Å². The Labute approximate surface area is 172 Å². The molecule has 1 saturated carbocycles. The van der Waals surface area contributed by atoms with E-state index >= 15 is 0 Å². The normalized spacial score (nSPS) is 15.9. The second kappa shape index (κ2) is 7.96. The topological polar surface area (TPSA) is 100 Å². The molecule has 4 rings (SSSR count). The standard InChI is InChI=1S/C19H19NO7S2/c1-24-17-12(7-8-15(21)27-13-4-2-5-13)10-14(18-19(17)26-11-25-18)20-29(22,23)16-6-3-9-28-16/h3,6-10,13,20H,2,4-5,11H2,1H3/b8-7+. The molecule has 0 saturated heterocycles. The van der Waals surface area contributed by atoms with Gasteiger partial charge >= 0.3 is 5.97 Å². The molecule has 0 amide bonds. The lowest BCUT2D eigenvalue weighted by molar-refractivity contribution is -0.146. The molecule has 2 aliphatic rings. The van der Waals surface area contributed by atoms with E-state index < -0.39 is 16.0 Å². The molecule has 29 heavy (non-hydrogen) atoms. The molecule has 8 nitrogen and oxygen atoms in total. The van der Waals surface area contributed by atoms with Crippen LogP contribution in [0.5, 0.6) is 17.2 Å². The lowest BCUT2D eigenvalue weighted by Gasteiger charge is -2.24. The van der Waals surface area contributed by atoms with E-state index in [4.69, 9.17) is 18.9 Å². The fourth-order valence-electron chi connectivity index (χ4n) is 2.94. The van der Waals surface area contributed by atoms with E-state index in [1.54, 1.807) is 11.4 Å². The third-order valence-corrected chi connectivity index (χ3v) is 7.33. The van der Waals surface area contributed by atoms with E-state index in [9.17, 15) is 13.2 Å². The summed E-state index contributed by atoms with van der Waals surface area (Å²) in [6.07, 6.45) is 5.58. The zero-order valence-electron chi connectivity index (χ0n) is 15.5. The average molecular weight is 437 g/mol. The molecule has 0 radical (unpaired) electrons. The second-order valence-corrected chi connectivity index (χ2v) is 9.33. The van der Waals surface area contributed by atoms with Crippen molar-refractivity contribution in [3.63, 3.8) is 0 Å². The first-order chi connectivity index (χ1) is 14.0. The first-order valence-electron chi connectivity index (χ1n) is 8.93. The highest BCUT2D eigenvalue weighted by Crippen LogP contribution is 2.49. The molecule has 1 aromatic carbocycles. The van der Waals surface area contributed by atoms with Crippen LogP contribution in [0.25, 0.3) is 6.08 Å². The number of rotatable bonds is 7. The van der Waals surface area contributed by atoms with Crippen molar-refractivity contribution >= 4 is 39.1 Å². The van der Waals surface area contributed by atoms with E-state index in [1.165, 1.54) is 31.4 Å². The van der Waals surface area contributed by atoms with Crippen molar-refractivity contribution in [1.82, 2.24) is 0 Å². The third kappa shape index (κ3) is 4.03. The molecule has 154 valence electrons. The summed E-state index contributed by atoms with van der Waals surface area (Å²) in [7, 11) is -2.34. The molecule has 2 heterocycles. The van der Waals surface area contributed by atoms with Gasteiger partial charge in [-0.1, -0.05) is 6.07 Å². The fraction of sp³-hybridized carbons (Fsp3) is 0.316. The van der Waals surface area contributed by atoms with Gasteiger partial charge in [0.15, 0.2) is 11.5 Å². The summed E-state index contributed by atoms with van der Waals surface area (Å²) in [5, 5.41) is 1.68. The van der Waals surface area contributed by atoms with E-state index in [-0.39, 0.29) is 34.3 Å². The smallest absolute Gasteiger partial charge is 0.331 e. The number of nitrogens with one attached hydrogen (secondary N) is 1. The van der Waals surface area contributed by atoms with Crippen LogP contribution in [0.4, 0.5) is 5.69 Å². The highest BCUT2D eigenvalue weighted by molar-refractivity contribution is 7.94. The van der Waals surface area contributed by atoms with Gasteiger partial charge in [0.05, 0.1) is 12.8 Å². The number of methoxy groups -OCH3 is 1. The maximum absolute atomic E-state index is 12.6. The molecule has 1 aliphatic heterocycles. The van der Waals surface area contributed by atoms with Gasteiger partial charge < -0.3 is 18.9 Å². The number of thiophene rings is 1. The zero-order chi connectivity index (χ0) is 20.4. The molecule has 0 bridgehead atoms. The first kappa shape index (κ1) is 19.6. The molecule has 0 unspecified atom stereocenters. The quantitative estimate of drug-likeness (QED) is 0.523. The first-order valence-corrected chi connectivity index (χ1v) is 11.3. The Hall–Kier alpha value is -2.72. The predicted octanol–water partition coefficient (Wildman–Crippen LogP) is 3.40. The predicted molar refractivity (Wildman–Crippen MR) is 107 cm³/mol. The Morgan fingerprint density at radius 1 is 1.31 bits per heavy atom. The monoisotopic (exact) mass is 437 g/mol. The SMILES string of the molecule is COc1c(/C=C/C(=O)OC2CCC2)cc(NS(=O)(=O)c2cccs2)c2c1OCO2. The number of hydrogen-bond acceptors (Lipinski definition) is 8.